The molecule has 3 rings (SSSR count). The van der Waals surface area contributed by atoms with Crippen LogP contribution in [0, 0.1) is 17.8 Å². The molecule has 0 radical (unpaired) electrons. The van der Waals surface area contributed by atoms with Crippen molar-refractivity contribution < 1.29 is 17.9 Å². The van der Waals surface area contributed by atoms with E-state index in [0.717, 1.165) is 16.1 Å². The number of nitrogens with zero attached hydrogens (tertiary/aromatic N) is 1. The van der Waals surface area contributed by atoms with Crippen molar-refractivity contribution in [1.82, 2.24) is 9.62 Å². The summed E-state index contributed by atoms with van der Waals surface area (Å²) >= 11 is 0. The van der Waals surface area contributed by atoms with Crippen molar-refractivity contribution in [3.05, 3.63) is 24.3 Å². The Labute approximate surface area is 156 Å². The van der Waals surface area contributed by atoms with Crippen molar-refractivity contribution in [3.8, 4) is 5.75 Å². The minimum Gasteiger partial charge on any atom is -0.497 e. The number of likely N-dealkylation sites (N-methyl/N-ethyl adjacent to an activating group) is 1. The van der Waals surface area contributed by atoms with Crippen LogP contribution in [-0.4, -0.2) is 45.4 Å². The van der Waals surface area contributed by atoms with E-state index in [4.69, 9.17) is 4.74 Å². The van der Waals surface area contributed by atoms with Crippen LogP contribution in [0.4, 0.5) is 0 Å². The minimum absolute atomic E-state index is 0.0925. The second-order valence-corrected chi connectivity index (χ2v) is 9.68. The molecule has 2 aliphatic carbocycles. The lowest BCUT2D eigenvalue weighted by molar-refractivity contribution is -0.122. The van der Waals surface area contributed by atoms with E-state index in [0.29, 0.717) is 11.7 Å². The zero-order valence-corrected chi connectivity index (χ0v) is 16.5. The van der Waals surface area contributed by atoms with E-state index in [-0.39, 0.29) is 23.4 Å². The molecule has 1 N–H and O–H groups in total. The second-order valence-electron chi connectivity index (χ2n) is 7.63. The van der Waals surface area contributed by atoms with Crippen LogP contribution in [0.5, 0.6) is 5.75 Å². The maximum atomic E-state index is 12.6. The van der Waals surface area contributed by atoms with Gasteiger partial charge in [0.1, 0.15) is 5.75 Å². The number of benzene rings is 1. The van der Waals surface area contributed by atoms with Gasteiger partial charge in [0, 0.05) is 13.1 Å². The van der Waals surface area contributed by atoms with Gasteiger partial charge in [-0.15, -0.1) is 0 Å². The Morgan fingerprint density at radius 3 is 2.50 bits per heavy atom. The molecule has 6 nitrogen and oxygen atoms in total. The van der Waals surface area contributed by atoms with Crippen LogP contribution in [0.1, 0.15) is 32.6 Å². The Hall–Kier alpha value is -1.60. The maximum absolute atomic E-state index is 12.6. The van der Waals surface area contributed by atoms with Crippen LogP contribution < -0.4 is 10.1 Å². The van der Waals surface area contributed by atoms with Gasteiger partial charge in [-0.3, -0.25) is 4.79 Å². The first kappa shape index (κ1) is 19.2. The van der Waals surface area contributed by atoms with Crippen LogP contribution in [0.15, 0.2) is 29.2 Å². The van der Waals surface area contributed by atoms with Gasteiger partial charge in [-0.1, -0.05) is 6.42 Å². The highest BCUT2D eigenvalue weighted by Crippen LogP contribution is 2.49. The van der Waals surface area contributed by atoms with Gasteiger partial charge in [0.25, 0.3) is 0 Å². The van der Waals surface area contributed by atoms with Gasteiger partial charge in [-0.2, -0.15) is 4.31 Å². The Kier molecular flexibility index (Phi) is 5.58. The molecular weight excluding hydrogens is 352 g/mol. The van der Waals surface area contributed by atoms with Crippen molar-refractivity contribution in [2.24, 2.45) is 17.8 Å². The summed E-state index contributed by atoms with van der Waals surface area (Å²) in [6.45, 7) is 1.86. The molecule has 0 aliphatic heterocycles. The molecular formula is C19H28N2O4S. The molecule has 7 heteroatoms. The molecule has 0 heterocycles. The number of rotatable bonds is 7. The molecule has 1 aromatic rings. The molecule has 1 amide bonds. The van der Waals surface area contributed by atoms with E-state index in [1.807, 2.05) is 6.92 Å². The maximum Gasteiger partial charge on any atom is 0.243 e. The number of ether oxygens (including phenoxy) is 1. The van der Waals surface area contributed by atoms with E-state index < -0.39 is 10.0 Å². The molecule has 2 fully saturated rings. The van der Waals surface area contributed by atoms with Crippen molar-refractivity contribution in [2.45, 2.75) is 43.5 Å². The summed E-state index contributed by atoms with van der Waals surface area (Å²) in [5.41, 5.74) is 0. The topological polar surface area (TPSA) is 75.7 Å². The number of nitrogens with one attached hydrogen (secondary N) is 1. The standard InChI is InChI=1S/C19H28N2O4S/c1-13(18-11-14-4-5-15(18)10-14)20-19(22)12-21(2)26(23,24)17-8-6-16(25-3)7-9-17/h6-9,13-15,18H,4-5,10-12H2,1-3H3,(H,20,22). The first-order valence-electron chi connectivity index (χ1n) is 9.21. The largest absolute Gasteiger partial charge is 0.497 e. The molecule has 0 aromatic heterocycles. The number of carbonyl (C=O) groups is 1. The SMILES string of the molecule is COc1ccc(S(=O)(=O)N(C)CC(=O)NC(C)C2CC3CCC2C3)cc1. The molecule has 2 saturated carbocycles. The number of carbonyl (C=O) groups excluding carboxylic acids is 1. The fraction of sp³-hybridized carbons (Fsp3) is 0.632. The molecule has 1 aromatic carbocycles. The average Bonchev–Trinajstić information content (AvgIpc) is 3.25. The molecule has 4 atom stereocenters. The van der Waals surface area contributed by atoms with Crippen molar-refractivity contribution in [2.75, 3.05) is 20.7 Å². The lowest BCUT2D eigenvalue weighted by Gasteiger charge is -2.29. The van der Waals surface area contributed by atoms with Gasteiger partial charge in [-0.05, 0) is 68.2 Å². The number of methoxy groups -OCH3 is 1. The van der Waals surface area contributed by atoms with E-state index >= 15 is 0 Å². The van der Waals surface area contributed by atoms with Gasteiger partial charge in [0.05, 0.1) is 18.6 Å². The lowest BCUT2D eigenvalue weighted by Crippen LogP contribution is -2.45. The first-order valence-corrected chi connectivity index (χ1v) is 10.6. The molecule has 2 aliphatic rings. The minimum atomic E-state index is -3.71. The Morgan fingerprint density at radius 1 is 1.27 bits per heavy atom. The summed E-state index contributed by atoms with van der Waals surface area (Å²) in [7, 11) is -0.748. The summed E-state index contributed by atoms with van der Waals surface area (Å²) < 4.78 is 31.4. The second kappa shape index (κ2) is 7.56. The number of hydrogen-bond acceptors (Lipinski definition) is 4. The van der Waals surface area contributed by atoms with Crippen LogP contribution in [0.3, 0.4) is 0 Å². The lowest BCUT2D eigenvalue weighted by atomic mass is 9.84. The third kappa shape index (κ3) is 3.88. The number of fused-ring (bicyclic) bond motifs is 2. The van der Waals surface area contributed by atoms with Crippen molar-refractivity contribution >= 4 is 15.9 Å². The number of amides is 1. The Balaban J connectivity index is 1.57. The highest BCUT2D eigenvalue weighted by Gasteiger charge is 2.42. The fourth-order valence-electron chi connectivity index (χ4n) is 4.53. The van der Waals surface area contributed by atoms with Crippen LogP contribution in [0.25, 0.3) is 0 Å². The fourth-order valence-corrected chi connectivity index (χ4v) is 5.65. The first-order chi connectivity index (χ1) is 12.3. The predicted octanol–water partition coefficient (Wildman–Crippen LogP) is 2.26. The van der Waals surface area contributed by atoms with Crippen LogP contribution >= 0.6 is 0 Å². The summed E-state index contributed by atoms with van der Waals surface area (Å²) in [4.78, 5) is 12.5. The Bertz CT molecular complexity index is 747. The third-order valence-corrected chi connectivity index (χ3v) is 7.78. The van der Waals surface area contributed by atoms with E-state index in [1.165, 1.54) is 52.0 Å². The molecule has 0 saturated heterocycles. The average molecular weight is 381 g/mol. The Morgan fingerprint density at radius 2 is 1.96 bits per heavy atom. The van der Waals surface area contributed by atoms with Gasteiger partial charge in [0.15, 0.2) is 0 Å². The van der Waals surface area contributed by atoms with Gasteiger partial charge >= 0.3 is 0 Å². The van der Waals surface area contributed by atoms with Gasteiger partial charge in [-0.25, -0.2) is 8.42 Å². The van der Waals surface area contributed by atoms with E-state index in [1.54, 1.807) is 12.1 Å². The van der Waals surface area contributed by atoms with Crippen molar-refractivity contribution in [1.29, 1.82) is 0 Å². The number of hydrogen-bond donors (Lipinski definition) is 1. The van der Waals surface area contributed by atoms with Gasteiger partial charge in [0.2, 0.25) is 15.9 Å². The highest BCUT2D eigenvalue weighted by atomic mass is 32.2. The van der Waals surface area contributed by atoms with Crippen molar-refractivity contribution in [3.63, 3.8) is 0 Å². The van der Waals surface area contributed by atoms with Gasteiger partial charge < -0.3 is 10.1 Å². The molecule has 0 spiro atoms. The molecule has 144 valence electrons. The molecule has 26 heavy (non-hydrogen) atoms. The quantitative estimate of drug-likeness (QED) is 0.787. The number of sulfonamides is 1. The summed E-state index contributed by atoms with van der Waals surface area (Å²) in [5, 5.41) is 3.01. The predicted molar refractivity (Wildman–Crippen MR) is 99.4 cm³/mol. The molecule has 4 unspecified atom stereocenters. The van der Waals surface area contributed by atoms with E-state index in [2.05, 4.69) is 5.32 Å². The molecule has 2 bridgehead atoms. The summed E-state index contributed by atoms with van der Waals surface area (Å²) in [6, 6.07) is 6.26. The normalized spacial score (nSPS) is 26.1. The highest BCUT2D eigenvalue weighted by molar-refractivity contribution is 7.89. The smallest absolute Gasteiger partial charge is 0.243 e. The zero-order valence-electron chi connectivity index (χ0n) is 15.6. The third-order valence-electron chi connectivity index (χ3n) is 5.96. The van der Waals surface area contributed by atoms with Crippen LogP contribution in [-0.2, 0) is 14.8 Å². The summed E-state index contributed by atoms with van der Waals surface area (Å²) in [6.07, 6.45) is 5.06. The monoisotopic (exact) mass is 380 g/mol. The zero-order chi connectivity index (χ0) is 18.9. The van der Waals surface area contributed by atoms with E-state index in [9.17, 15) is 13.2 Å². The summed E-state index contributed by atoms with van der Waals surface area (Å²) in [5.74, 6) is 2.41. The van der Waals surface area contributed by atoms with Crippen LogP contribution in [0.2, 0.25) is 0 Å².